The molecule has 0 aliphatic carbocycles. The average molecular weight is 273 g/mol. The highest BCUT2D eigenvalue weighted by molar-refractivity contribution is 5.96. The van der Waals surface area contributed by atoms with Crippen LogP contribution in [0.4, 0.5) is 0 Å². The number of rotatable bonds is 4. The second kappa shape index (κ2) is 5.77. The molecule has 5 nitrogen and oxygen atoms in total. The summed E-state index contributed by atoms with van der Waals surface area (Å²) in [6, 6.07) is 4.85. The van der Waals surface area contributed by atoms with Gasteiger partial charge in [0.15, 0.2) is 0 Å². The summed E-state index contributed by atoms with van der Waals surface area (Å²) in [4.78, 5) is 12.1. The molecule has 0 saturated heterocycles. The zero-order valence-electron chi connectivity index (χ0n) is 11.9. The van der Waals surface area contributed by atoms with Crippen LogP contribution in [0.15, 0.2) is 30.6 Å². The molecule has 0 aliphatic rings. The molecule has 106 valence electrons. The predicted octanol–water partition coefficient (Wildman–Crippen LogP) is 2.20. The number of nitrogens with one attached hydrogen (secondary N) is 1. The molecule has 1 aromatic carbocycles. The summed E-state index contributed by atoms with van der Waals surface area (Å²) in [5, 5.41) is 16.5. The first-order chi connectivity index (χ1) is 9.47. The quantitative estimate of drug-likeness (QED) is 0.897. The molecule has 1 atom stereocenters. The van der Waals surface area contributed by atoms with Gasteiger partial charge >= 0.3 is 0 Å². The Bertz CT molecular complexity index is 619. The first-order valence-corrected chi connectivity index (χ1v) is 6.56. The zero-order valence-corrected chi connectivity index (χ0v) is 11.9. The minimum Gasteiger partial charge on any atom is -0.508 e. The van der Waals surface area contributed by atoms with Crippen LogP contribution in [0, 0.1) is 13.8 Å². The van der Waals surface area contributed by atoms with Crippen molar-refractivity contribution >= 4 is 5.91 Å². The number of carbonyl (C=O) groups excluding carboxylic acids is 1. The van der Waals surface area contributed by atoms with Gasteiger partial charge in [-0.2, -0.15) is 5.10 Å². The van der Waals surface area contributed by atoms with Crippen LogP contribution in [-0.4, -0.2) is 27.3 Å². The van der Waals surface area contributed by atoms with Crippen molar-refractivity contribution < 1.29 is 9.90 Å². The van der Waals surface area contributed by atoms with Gasteiger partial charge in [-0.3, -0.25) is 9.48 Å². The number of hydrogen-bond acceptors (Lipinski definition) is 3. The summed E-state index contributed by atoms with van der Waals surface area (Å²) in [5.41, 5.74) is 2.42. The third-order valence-electron chi connectivity index (χ3n) is 3.21. The van der Waals surface area contributed by atoms with Crippen molar-refractivity contribution in [1.29, 1.82) is 0 Å². The highest BCUT2D eigenvalue weighted by Crippen LogP contribution is 2.16. The van der Waals surface area contributed by atoms with Crippen molar-refractivity contribution in [2.45, 2.75) is 26.8 Å². The van der Waals surface area contributed by atoms with E-state index in [1.54, 1.807) is 18.3 Å². The van der Waals surface area contributed by atoms with Gasteiger partial charge in [0.25, 0.3) is 5.91 Å². The number of aromatic nitrogens is 2. The fourth-order valence-corrected chi connectivity index (χ4v) is 1.96. The number of carbonyl (C=O) groups is 1. The van der Waals surface area contributed by atoms with Crippen molar-refractivity contribution in [2.75, 3.05) is 6.54 Å². The van der Waals surface area contributed by atoms with E-state index >= 15 is 0 Å². The minimum absolute atomic E-state index is 0.0743. The van der Waals surface area contributed by atoms with Gasteiger partial charge < -0.3 is 10.4 Å². The molecular formula is C15H19N3O2. The normalized spacial score (nSPS) is 12.2. The van der Waals surface area contributed by atoms with Crippen molar-refractivity contribution in [2.24, 2.45) is 0 Å². The Balaban J connectivity index is 2.00. The number of nitrogens with zero attached hydrogens (tertiary/aromatic N) is 2. The lowest BCUT2D eigenvalue weighted by atomic mass is 10.1. The molecule has 0 unspecified atom stereocenters. The molecular weight excluding hydrogens is 254 g/mol. The van der Waals surface area contributed by atoms with Crippen LogP contribution in [0.2, 0.25) is 0 Å². The maximum absolute atomic E-state index is 12.1. The molecule has 0 radical (unpaired) electrons. The van der Waals surface area contributed by atoms with E-state index in [1.165, 1.54) is 6.07 Å². The highest BCUT2D eigenvalue weighted by atomic mass is 16.3. The topological polar surface area (TPSA) is 67.2 Å². The number of phenolic OH excluding ortho intramolecular Hbond substituents is 1. The van der Waals surface area contributed by atoms with E-state index in [1.807, 2.05) is 31.6 Å². The standard InChI is InChI=1S/C15H19N3O2/c1-10-7-17-18(9-10)12(3)8-16-15(20)14-6-13(19)5-4-11(14)2/h4-7,9,12,19H,8H2,1-3H3,(H,16,20)/t12-/m1/s1. The van der Waals surface area contributed by atoms with Gasteiger partial charge in [-0.1, -0.05) is 6.07 Å². The fraction of sp³-hybridized carbons (Fsp3) is 0.333. The maximum Gasteiger partial charge on any atom is 0.251 e. The second-order valence-corrected chi connectivity index (χ2v) is 5.06. The Morgan fingerprint density at radius 3 is 2.85 bits per heavy atom. The number of phenols is 1. The minimum atomic E-state index is -0.186. The monoisotopic (exact) mass is 273 g/mol. The summed E-state index contributed by atoms with van der Waals surface area (Å²) in [5.74, 6) is -0.0920. The van der Waals surface area contributed by atoms with Crippen LogP contribution in [0.1, 0.15) is 34.5 Å². The van der Waals surface area contributed by atoms with E-state index < -0.39 is 0 Å². The van der Waals surface area contributed by atoms with E-state index in [4.69, 9.17) is 0 Å². The second-order valence-electron chi connectivity index (χ2n) is 5.06. The molecule has 2 rings (SSSR count). The van der Waals surface area contributed by atoms with E-state index in [0.717, 1.165) is 11.1 Å². The number of benzene rings is 1. The van der Waals surface area contributed by atoms with Crippen molar-refractivity contribution in [3.63, 3.8) is 0 Å². The molecule has 1 amide bonds. The summed E-state index contributed by atoms with van der Waals surface area (Å²) < 4.78 is 1.82. The van der Waals surface area contributed by atoms with Gasteiger partial charge in [0.05, 0.1) is 12.2 Å². The summed E-state index contributed by atoms with van der Waals surface area (Å²) in [6.07, 6.45) is 3.73. The predicted molar refractivity (Wildman–Crippen MR) is 76.9 cm³/mol. The Kier molecular flexibility index (Phi) is 4.08. The van der Waals surface area contributed by atoms with E-state index in [-0.39, 0.29) is 17.7 Å². The van der Waals surface area contributed by atoms with E-state index in [9.17, 15) is 9.90 Å². The summed E-state index contributed by atoms with van der Waals surface area (Å²) >= 11 is 0. The van der Waals surface area contributed by atoms with Gasteiger partial charge in [-0.15, -0.1) is 0 Å². The molecule has 0 fully saturated rings. The molecule has 0 bridgehead atoms. The first-order valence-electron chi connectivity index (χ1n) is 6.56. The van der Waals surface area contributed by atoms with Crippen LogP contribution >= 0.6 is 0 Å². The zero-order chi connectivity index (χ0) is 14.7. The van der Waals surface area contributed by atoms with Crippen molar-refractivity contribution in [3.05, 3.63) is 47.3 Å². The van der Waals surface area contributed by atoms with Crippen LogP contribution in [-0.2, 0) is 0 Å². The number of aryl methyl sites for hydroxylation is 2. The fourth-order valence-electron chi connectivity index (χ4n) is 1.96. The van der Waals surface area contributed by atoms with Crippen molar-refractivity contribution in [3.8, 4) is 5.75 Å². The summed E-state index contributed by atoms with van der Waals surface area (Å²) in [6.45, 7) is 6.29. The summed E-state index contributed by atoms with van der Waals surface area (Å²) in [7, 11) is 0. The number of aromatic hydroxyl groups is 1. The third-order valence-corrected chi connectivity index (χ3v) is 3.21. The largest absolute Gasteiger partial charge is 0.508 e. The van der Waals surface area contributed by atoms with Gasteiger partial charge in [-0.05, 0) is 44.0 Å². The molecule has 2 N–H and O–H groups in total. The Morgan fingerprint density at radius 2 is 2.20 bits per heavy atom. The molecule has 0 aliphatic heterocycles. The van der Waals surface area contributed by atoms with E-state index in [0.29, 0.717) is 12.1 Å². The molecule has 1 aromatic heterocycles. The lowest BCUT2D eigenvalue weighted by molar-refractivity contribution is 0.0947. The lowest BCUT2D eigenvalue weighted by Gasteiger charge is -2.14. The third kappa shape index (κ3) is 3.17. The average Bonchev–Trinajstić information content (AvgIpc) is 2.85. The van der Waals surface area contributed by atoms with Crippen LogP contribution in [0.5, 0.6) is 5.75 Å². The molecule has 0 spiro atoms. The Labute approximate surface area is 118 Å². The SMILES string of the molecule is Cc1cnn([C@H](C)CNC(=O)c2cc(O)ccc2C)c1. The van der Waals surface area contributed by atoms with Crippen LogP contribution in [0.25, 0.3) is 0 Å². The van der Waals surface area contributed by atoms with Gasteiger partial charge in [0, 0.05) is 18.3 Å². The van der Waals surface area contributed by atoms with Crippen LogP contribution in [0.3, 0.4) is 0 Å². The first kappa shape index (κ1) is 14.1. The maximum atomic E-state index is 12.1. The molecule has 1 heterocycles. The van der Waals surface area contributed by atoms with E-state index in [2.05, 4.69) is 10.4 Å². The Morgan fingerprint density at radius 1 is 1.45 bits per heavy atom. The number of amides is 1. The molecule has 2 aromatic rings. The van der Waals surface area contributed by atoms with Gasteiger partial charge in [0.2, 0.25) is 0 Å². The molecule has 0 saturated carbocycles. The smallest absolute Gasteiger partial charge is 0.251 e. The Hall–Kier alpha value is -2.30. The highest BCUT2D eigenvalue weighted by Gasteiger charge is 2.12. The number of hydrogen-bond donors (Lipinski definition) is 2. The van der Waals surface area contributed by atoms with Gasteiger partial charge in [-0.25, -0.2) is 0 Å². The van der Waals surface area contributed by atoms with Crippen molar-refractivity contribution in [1.82, 2.24) is 15.1 Å². The lowest BCUT2D eigenvalue weighted by Crippen LogP contribution is -2.30. The van der Waals surface area contributed by atoms with Gasteiger partial charge in [0.1, 0.15) is 5.75 Å². The van der Waals surface area contributed by atoms with Crippen LogP contribution < -0.4 is 5.32 Å². The molecule has 20 heavy (non-hydrogen) atoms. The molecule has 5 heteroatoms.